The lowest BCUT2D eigenvalue weighted by Gasteiger charge is -2.19. The van der Waals surface area contributed by atoms with Crippen LogP contribution in [0.5, 0.6) is 0 Å². The van der Waals surface area contributed by atoms with Crippen molar-refractivity contribution in [3.05, 3.63) is 193 Å². The monoisotopic (exact) mass is 726 g/mol. The molecule has 5 aromatic carbocycles. The molecular weight excluding hydrogens is 665 g/mol. The van der Waals surface area contributed by atoms with Crippen LogP contribution in [0.3, 0.4) is 0 Å². The van der Waals surface area contributed by atoms with Crippen LogP contribution in [0.15, 0.2) is 193 Å². The molecular formula is C53H62N2. The number of benzene rings is 5. The number of hydrogen-bond donors (Lipinski definition) is 1. The summed E-state index contributed by atoms with van der Waals surface area (Å²) in [5.41, 5.74) is 9.75. The quantitative estimate of drug-likeness (QED) is 0.125. The van der Waals surface area contributed by atoms with E-state index in [0.29, 0.717) is 12.5 Å². The largest absolute Gasteiger partial charge is 0.364 e. The van der Waals surface area contributed by atoms with Crippen molar-refractivity contribution in [3.8, 4) is 22.3 Å². The first-order valence-electron chi connectivity index (χ1n) is 19.9. The molecule has 55 heavy (non-hydrogen) atoms. The van der Waals surface area contributed by atoms with Gasteiger partial charge < -0.3 is 5.32 Å². The van der Waals surface area contributed by atoms with Gasteiger partial charge in [0.2, 0.25) is 0 Å². The van der Waals surface area contributed by atoms with Gasteiger partial charge in [-0.25, -0.2) is 0 Å². The molecule has 0 bridgehead atoms. The van der Waals surface area contributed by atoms with E-state index >= 15 is 0 Å². The van der Waals surface area contributed by atoms with Crippen LogP contribution >= 0.6 is 0 Å². The van der Waals surface area contributed by atoms with Crippen molar-refractivity contribution in [2.45, 2.75) is 74.3 Å². The summed E-state index contributed by atoms with van der Waals surface area (Å²) < 4.78 is 0. The zero-order valence-electron chi connectivity index (χ0n) is 34.7. The Bertz CT molecular complexity index is 2170. The lowest BCUT2D eigenvalue weighted by molar-refractivity contribution is 0.803. The molecule has 0 aromatic heterocycles. The molecule has 6 rings (SSSR count). The lowest BCUT2D eigenvalue weighted by Crippen LogP contribution is -2.32. The topological polar surface area (TPSA) is 24.4 Å². The summed E-state index contributed by atoms with van der Waals surface area (Å²) in [5, 5.41) is 8.71. The van der Waals surface area contributed by atoms with Crippen LogP contribution < -0.4 is 5.32 Å². The highest BCUT2D eigenvalue weighted by molar-refractivity contribution is 6.21. The average molecular weight is 727 g/mol. The van der Waals surface area contributed by atoms with E-state index < -0.39 is 0 Å². The predicted octanol–water partition coefficient (Wildman–Crippen LogP) is 15.2. The summed E-state index contributed by atoms with van der Waals surface area (Å²) in [6, 6.07) is 37.6. The first-order chi connectivity index (χ1) is 26.9. The number of rotatable bonds is 8. The molecule has 284 valence electrons. The SMILES string of the molecule is C=C/C=C\C(=C/C)C1=NC/C=C(C(=C)/C=C\C)\C=C/C(C)N1.CC.CC.CC(C)c1ccc2c(-c3ccccc3)c3ccccc3c(-c3ccccc3)c2c1. The van der Waals surface area contributed by atoms with E-state index in [4.69, 9.17) is 0 Å². The van der Waals surface area contributed by atoms with E-state index in [1.165, 1.54) is 49.4 Å². The minimum atomic E-state index is 0.186. The van der Waals surface area contributed by atoms with Gasteiger partial charge in [-0.2, -0.15) is 0 Å². The number of hydrogen-bond acceptors (Lipinski definition) is 2. The van der Waals surface area contributed by atoms with Crippen molar-refractivity contribution in [2.24, 2.45) is 4.99 Å². The van der Waals surface area contributed by atoms with Crippen LogP contribution in [0.4, 0.5) is 0 Å². The van der Waals surface area contributed by atoms with Crippen molar-refractivity contribution < 1.29 is 0 Å². The molecule has 1 atom stereocenters. The predicted molar refractivity (Wildman–Crippen MR) is 248 cm³/mol. The van der Waals surface area contributed by atoms with E-state index in [9.17, 15) is 0 Å². The molecule has 0 saturated heterocycles. The second kappa shape index (κ2) is 23.1. The highest BCUT2D eigenvalue weighted by Crippen LogP contribution is 2.44. The third kappa shape index (κ3) is 11.6. The van der Waals surface area contributed by atoms with Gasteiger partial charge in [0.25, 0.3) is 0 Å². The Balaban J connectivity index is 0.000000281. The fourth-order valence-corrected chi connectivity index (χ4v) is 6.44. The van der Waals surface area contributed by atoms with Crippen LogP contribution in [-0.4, -0.2) is 18.4 Å². The Kier molecular flexibility index (Phi) is 18.4. The summed E-state index contributed by atoms with van der Waals surface area (Å²) in [6.45, 7) is 27.1. The van der Waals surface area contributed by atoms with Crippen molar-refractivity contribution >= 4 is 27.4 Å². The van der Waals surface area contributed by atoms with Crippen LogP contribution in [0.25, 0.3) is 43.8 Å². The van der Waals surface area contributed by atoms with Gasteiger partial charge in [0.15, 0.2) is 0 Å². The molecule has 1 aliphatic rings. The molecule has 0 radical (unpaired) electrons. The van der Waals surface area contributed by atoms with Crippen molar-refractivity contribution in [2.75, 3.05) is 6.54 Å². The number of nitrogens with one attached hydrogen (secondary N) is 1. The fraction of sp³-hybridized carbons (Fsp3) is 0.226. The standard InChI is InChI=1S/C29H24.C20H26N2.2C2H6/c1-20(2)23-17-18-26-27(19-23)29(22-13-7-4-8-14-22)25-16-10-9-15-24(25)28(26)21-11-5-3-6-12-21;1-6-9-11-18(8-3)20-21-15-14-19(16(4)10-7-2)13-12-17(5)22-20;2*1-2/h3-20H,1-2H3;6-14,17H,1,4,15H2,2-3,5H3,(H,21,22);2*1-2H3/b;10-7-,11-9-,13-12-,18-8+,19-14+;;. The zero-order chi connectivity index (χ0) is 40.2. The Morgan fingerprint density at radius 2 is 1.29 bits per heavy atom. The molecule has 0 aliphatic carbocycles. The van der Waals surface area contributed by atoms with Gasteiger partial charge in [0, 0.05) is 11.6 Å². The minimum Gasteiger partial charge on any atom is -0.364 e. The van der Waals surface area contributed by atoms with Gasteiger partial charge >= 0.3 is 0 Å². The van der Waals surface area contributed by atoms with E-state index in [0.717, 1.165) is 22.6 Å². The summed E-state index contributed by atoms with van der Waals surface area (Å²) in [5.74, 6) is 1.39. The van der Waals surface area contributed by atoms with E-state index in [-0.39, 0.29) is 6.04 Å². The van der Waals surface area contributed by atoms with Gasteiger partial charge in [0.05, 0.1) is 6.54 Å². The third-order valence-electron chi connectivity index (χ3n) is 9.06. The molecule has 2 heteroatoms. The maximum absolute atomic E-state index is 4.68. The molecule has 2 nitrogen and oxygen atoms in total. The third-order valence-corrected chi connectivity index (χ3v) is 9.06. The molecule has 1 N–H and O–H groups in total. The Labute approximate surface area is 332 Å². The summed E-state index contributed by atoms with van der Waals surface area (Å²) in [7, 11) is 0. The highest BCUT2D eigenvalue weighted by atomic mass is 15.0. The maximum atomic E-state index is 4.68. The van der Waals surface area contributed by atoms with Gasteiger partial charge in [-0.3, -0.25) is 4.99 Å². The first kappa shape index (κ1) is 43.7. The van der Waals surface area contributed by atoms with E-state index in [1.807, 2.05) is 71.9 Å². The number of fused-ring (bicyclic) bond motifs is 2. The molecule has 0 spiro atoms. The Morgan fingerprint density at radius 3 is 1.82 bits per heavy atom. The first-order valence-corrected chi connectivity index (χ1v) is 19.9. The smallest absolute Gasteiger partial charge is 0.128 e. The maximum Gasteiger partial charge on any atom is 0.128 e. The average Bonchev–Trinajstić information content (AvgIpc) is 3.32. The summed E-state index contributed by atoms with van der Waals surface area (Å²) in [4.78, 5) is 4.68. The number of allylic oxidation sites excluding steroid dienone is 8. The van der Waals surface area contributed by atoms with Gasteiger partial charge in [-0.15, -0.1) is 0 Å². The second-order valence-corrected chi connectivity index (χ2v) is 13.0. The van der Waals surface area contributed by atoms with E-state index in [1.54, 1.807) is 6.08 Å². The van der Waals surface area contributed by atoms with Gasteiger partial charge in [-0.1, -0.05) is 213 Å². The molecule has 1 aliphatic heterocycles. The molecule has 5 aromatic rings. The van der Waals surface area contributed by atoms with Crippen LogP contribution in [-0.2, 0) is 0 Å². The van der Waals surface area contributed by atoms with Gasteiger partial charge in [0.1, 0.15) is 5.84 Å². The molecule has 0 amide bonds. The normalized spacial score (nSPS) is 15.7. The Hall–Kier alpha value is -5.73. The highest BCUT2D eigenvalue weighted by Gasteiger charge is 2.17. The summed E-state index contributed by atoms with van der Waals surface area (Å²) >= 11 is 0. The zero-order valence-corrected chi connectivity index (χ0v) is 34.7. The summed E-state index contributed by atoms with van der Waals surface area (Å²) in [6.07, 6.45) is 18.1. The van der Waals surface area contributed by atoms with Crippen LogP contribution in [0.2, 0.25) is 0 Å². The number of nitrogens with zero attached hydrogens (tertiary/aromatic N) is 1. The molecule has 0 fully saturated rings. The minimum absolute atomic E-state index is 0.186. The number of amidine groups is 1. The van der Waals surface area contributed by atoms with Crippen molar-refractivity contribution in [1.29, 1.82) is 0 Å². The Morgan fingerprint density at radius 1 is 0.745 bits per heavy atom. The number of aliphatic imine (C=N–C) groups is 1. The fourth-order valence-electron chi connectivity index (χ4n) is 6.44. The van der Waals surface area contributed by atoms with Crippen LogP contribution in [0, 0.1) is 0 Å². The molecule has 1 unspecified atom stereocenters. The lowest BCUT2D eigenvalue weighted by atomic mass is 9.84. The second-order valence-electron chi connectivity index (χ2n) is 13.0. The van der Waals surface area contributed by atoms with Gasteiger partial charge in [-0.05, 0) is 87.2 Å². The van der Waals surface area contributed by atoms with Crippen molar-refractivity contribution in [1.82, 2.24) is 5.32 Å². The van der Waals surface area contributed by atoms with Crippen LogP contribution in [0.1, 0.15) is 73.8 Å². The molecule has 0 saturated carbocycles. The van der Waals surface area contributed by atoms with E-state index in [2.05, 4.69) is 166 Å². The van der Waals surface area contributed by atoms with Crippen molar-refractivity contribution in [3.63, 3.8) is 0 Å². The molecule has 1 heterocycles.